The number of ether oxygens (including phenoxy) is 1. The molecule has 0 rings (SSSR count). The fraction of sp³-hybridized carbons (Fsp3) is 0.942. The number of hydrogen-bond donors (Lipinski definition) is 3. The summed E-state index contributed by atoms with van der Waals surface area (Å²) in [6.45, 7) is 4.94. The van der Waals surface area contributed by atoms with Crippen LogP contribution in [-0.4, -0.2) is 47.4 Å². The molecule has 6 nitrogen and oxygen atoms in total. The molecule has 0 saturated carbocycles. The van der Waals surface area contributed by atoms with Gasteiger partial charge in [0.05, 0.1) is 25.4 Å². The van der Waals surface area contributed by atoms with Gasteiger partial charge in [0, 0.05) is 12.8 Å². The molecule has 75 heavy (non-hydrogen) atoms. The molecule has 0 spiro atoms. The topological polar surface area (TPSA) is 95.9 Å². The summed E-state index contributed by atoms with van der Waals surface area (Å²) >= 11 is 0. The summed E-state index contributed by atoms with van der Waals surface area (Å²) in [5, 5.41) is 23.3. The number of nitrogens with one attached hydrogen (secondary N) is 1. The average Bonchev–Trinajstić information content (AvgIpc) is 3.41. The zero-order valence-electron chi connectivity index (χ0n) is 51.1. The largest absolute Gasteiger partial charge is 0.466 e. The van der Waals surface area contributed by atoms with Gasteiger partial charge in [0.2, 0.25) is 5.91 Å². The normalized spacial score (nSPS) is 12.5. The van der Waals surface area contributed by atoms with Crippen LogP contribution in [0.3, 0.4) is 0 Å². The van der Waals surface area contributed by atoms with Crippen LogP contribution in [-0.2, 0) is 14.3 Å². The third-order valence-corrected chi connectivity index (χ3v) is 16.3. The standard InChI is InChI=1S/C69H135NO5/c1-3-5-7-9-11-13-15-17-19-21-23-24-25-26-27-28-29-33-37-41-45-49-53-57-61-67(72)66(65-71)70-68(73)62-58-54-50-46-42-38-34-31-32-36-40-44-48-52-56-60-64-75-69(74)63-59-55-51-47-43-39-35-30-22-20-18-16-14-12-10-8-6-4-2/h57,61,66-67,71-72H,3-56,58-60,62-65H2,1-2H3,(H,70,73)/b61-57+. The zero-order valence-corrected chi connectivity index (χ0v) is 51.1. The van der Waals surface area contributed by atoms with Crippen LogP contribution in [0.25, 0.3) is 0 Å². The number of rotatable bonds is 65. The number of aliphatic hydroxyl groups excluding tert-OH is 2. The van der Waals surface area contributed by atoms with Gasteiger partial charge in [-0.25, -0.2) is 0 Å². The quantitative estimate of drug-likeness (QED) is 0.0320. The van der Waals surface area contributed by atoms with Crippen molar-refractivity contribution in [2.45, 2.75) is 405 Å². The summed E-state index contributed by atoms with van der Waals surface area (Å²) in [5.41, 5.74) is 0. The van der Waals surface area contributed by atoms with E-state index in [1.807, 2.05) is 6.08 Å². The Bertz CT molecular complexity index is 1130. The van der Waals surface area contributed by atoms with Crippen LogP contribution in [0.1, 0.15) is 393 Å². The molecule has 0 aliphatic rings. The van der Waals surface area contributed by atoms with Crippen molar-refractivity contribution in [2.75, 3.05) is 13.2 Å². The van der Waals surface area contributed by atoms with Gasteiger partial charge in [-0.2, -0.15) is 0 Å². The van der Waals surface area contributed by atoms with Gasteiger partial charge >= 0.3 is 5.97 Å². The number of amides is 1. The van der Waals surface area contributed by atoms with Crippen molar-refractivity contribution in [2.24, 2.45) is 0 Å². The van der Waals surface area contributed by atoms with E-state index in [9.17, 15) is 19.8 Å². The lowest BCUT2D eigenvalue weighted by atomic mass is 10.0. The number of allylic oxidation sites excluding steroid dienone is 1. The zero-order chi connectivity index (χ0) is 54.3. The summed E-state index contributed by atoms with van der Waals surface area (Å²) in [6.07, 6.45) is 79.9. The molecule has 0 saturated heterocycles. The minimum atomic E-state index is -0.850. The summed E-state index contributed by atoms with van der Waals surface area (Å²) in [5.74, 6) is -0.0617. The molecule has 0 heterocycles. The maximum Gasteiger partial charge on any atom is 0.305 e. The Hall–Kier alpha value is -1.40. The monoisotopic (exact) mass is 1060 g/mol. The minimum absolute atomic E-state index is 0.00795. The van der Waals surface area contributed by atoms with E-state index >= 15 is 0 Å². The van der Waals surface area contributed by atoms with E-state index in [0.29, 0.717) is 19.4 Å². The van der Waals surface area contributed by atoms with Crippen molar-refractivity contribution in [1.82, 2.24) is 5.32 Å². The molecule has 0 aromatic rings. The molecule has 0 aliphatic heterocycles. The fourth-order valence-corrected chi connectivity index (χ4v) is 11.1. The average molecular weight is 1060 g/mol. The number of hydrogen-bond acceptors (Lipinski definition) is 5. The van der Waals surface area contributed by atoms with Crippen molar-refractivity contribution < 1.29 is 24.5 Å². The van der Waals surface area contributed by atoms with Gasteiger partial charge in [-0.15, -0.1) is 0 Å². The van der Waals surface area contributed by atoms with Crippen LogP contribution in [0.15, 0.2) is 12.2 Å². The molecule has 0 bridgehead atoms. The molecule has 0 aromatic heterocycles. The summed E-state index contributed by atoms with van der Waals surface area (Å²) in [4.78, 5) is 24.6. The Balaban J connectivity index is 3.42. The summed E-state index contributed by atoms with van der Waals surface area (Å²) in [7, 11) is 0. The van der Waals surface area contributed by atoms with E-state index in [4.69, 9.17) is 4.74 Å². The fourth-order valence-electron chi connectivity index (χ4n) is 11.1. The first-order valence-corrected chi connectivity index (χ1v) is 34.5. The second-order valence-corrected chi connectivity index (χ2v) is 23.9. The Morgan fingerprint density at radius 3 is 0.907 bits per heavy atom. The number of carbonyl (C=O) groups excluding carboxylic acids is 2. The Labute approximate surface area is 469 Å². The summed E-state index contributed by atoms with van der Waals surface area (Å²) < 4.78 is 5.50. The van der Waals surface area contributed by atoms with Crippen LogP contribution in [0.2, 0.25) is 0 Å². The highest BCUT2D eigenvalue weighted by Crippen LogP contribution is 2.19. The molecule has 0 aliphatic carbocycles. The van der Waals surface area contributed by atoms with E-state index < -0.39 is 12.1 Å². The number of esters is 1. The molecule has 3 N–H and O–H groups in total. The van der Waals surface area contributed by atoms with Gasteiger partial charge in [0.1, 0.15) is 0 Å². The van der Waals surface area contributed by atoms with Gasteiger partial charge in [-0.1, -0.05) is 360 Å². The Morgan fingerprint density at radius 1 is 0.360 bits per heavy atom. The molecule has 0 aromatic carbocycles. The van der Waals surface area contributed by atoms with Crippen LogP contribution in [0, 0.1) is 0 Å². The van der Waals surface area contributed by atoms with Crippen molar-refractivity contribution in [3.8, 4) is 0 Å². The van der Waals surface area contributed by atoms with Crippen molar-refractivity contribution in [3.63, 3.8) is 0 Å². The second-order valence-electron chi connectivity index (χ2n) is 23.9. The first-order valence-electron chi connectivity index (χ1n) is 34.5. The van der Waals surface area contributed by atoms with Gasteiger partial charge in [0.15, 0.2) is 0 Å². The van der Waals surface area contributed by atoms with Gasteiger partial charge in [0.25, 0.3) is 0 Å². The first-order chi connectivity index (χ1) is 37.0. The van der Waals surface area contributed by atoms with Crippen LogP contribution >= 0.6 is 0 Å². The van der Waals surface area contributed by atoms with E-state index in [1.165, 1.54) is 321 Å². The first kappa shape index (κ1) is 73.6. The number of aliphatic hydroxyl groups is 2. The van der Waals surface area contributed by atoms with Gasteiger partial charge < -0.3 is 20.3 Å². The van der Waals surface area contributed by atoms with Gasteiger partial charge in [-0.3, -0.25) is 9.59 Å². The lowest BCUT2D eigenvalue weighted by Crippen LogP contribution is -2.45. The minimum Gasteiger partial charge on any atom is -0.466 e. The molecule has 2 atom stereocenters. The van der Waals surface area contributed by atoms with E-state index in [2.05, 4.69) is 19.2 Å². The lowest BCUT2D eigenvalue weighted by molar-refractivity contribution is -0.143. The van der Waals surface area contributed by atoms with E-state index in [-0.39, 0.29) is 18.5 Å². The Kier molecular flexibility index (Phi) is 63.9. The SMILES string of the molecule is CCCCCCCCCCCCCCCCCCCCCCCC/C=C/C(O)C(CO)NC(=O)CCCCCCCCCCCCCCCCCCOC(=O)CCCCCCCCCCCCCCCCCCCC. The molecule has 1 amide bonds. The van der Waals surface area contributed by atoms with E-state index in [1.54, 1.807) is 6.08 Å². The number of unbranched alkanes of at least 4 members (excludes halogenated alkanes) is 54. The van der Waals surface area contributed by atoms with Crippen molar-refractivity contribution in [3.05, 3.63) is 12.2 Å². The maximum absolute atomic E-state index is 12.5. The molecular formula is C69H135NO5. The molecule has 2 unspecified atom stereocenters. The molecular weight excluding hydrogens is 923 g/mol. The predicted octanol–water partition coefficient (Wildman–Crippen LogP) is 22.0. The third-order valence-electron chi connectivity index (χ3n) is 16.3. The molecule has 6 heteroatoms. The van der Waals surface area contributed by atoms with Crippen LogP contribution in [0.4, 0.5) is 0 Å². The lowest BCUT2D eigenvalue weighted by Gasteiger charge is -2.20. The highest BCUT2D eigenvalue weighted by Gasteiger charge is 2.18. The molecule has 0 fully saturated rings. The third kappa shape index (κ3) is 61.7. The number of carbonyl (C=O) groups is 2. The van der Waals surface area contributed by atoms with Gasteiger partial charge in [-0.05, 0) is 32.1 Å². The van der Waals surface area contributed by atoms with Crippen molar-refractivity contribution >= 4 is 11.9 Å². The predicted molar refractivity (Wildman–Crippen MR) is 329 cm³/mol. The van der Waals surface area contributed by atoms with Crippen LogP contribution < -0.4 is 5.32 Å². The second kappa shape index (κ2) is 65.1. The van der Waals surface area contributed by atoms with Crippen molar-refractivity contribution in [1.29, 1.82) is 0 Å². The molecule has 446 valence electrons. The smallest absolute Gasteiger partial charge is 0.305 e. The van der Waals surface area contributed by atoms with Crippen LogP contribution in [0.5, 0.6) is 0 Å². The maximum atomic E-state index is 12.5. The van der Waals surface area contributed by atoms with E-state index in [0.717, 1.165) is 44.9 Å². The highest BCUT2D eigenvalue weighted by atomic mass is 16.5. The highest BCUT2D eigenvalue weighted by molar-refractivity contribution is 5.76. The Morgan fingerprint density at radius 2 is 0.613 bits per heavy atom. The molecule has 0 radical (unpaired) electrons. The summed E-state index contributed by atoms with van der Waals surface area (Å²) in [6, 6.07) is -0.634.